The Labute approximate surface area is 193 Å². The Morgan fingerprint density at radius 2 is 1.84 bits per heavy atom. The average molecular weight is 497 g/mol. The topological polar surface area (TPSA) is 133 Å². The van der Waals surface area contributed by atoms with E-state index in [0.717, 1.165) is 4.90 Å². The van der Waals surface area contributed by atoms with Crippen LogP contribution in [0.15, 0.2) is 52.3 Å². The highest BCUT2D eigenvalue weighted by Gasteiger charge is 2.35. The minimum atomic E-state index is -4.15. The van der Waals surface area contributed by atoms with Crippen molar-refractivity contribution in [1.82, 2.24) is 4.90 Å². The summed E-state index contributed by atoms with van der Waals surface area (Å²) in [5, 5.41) is -0.234. The van der Waals surface area contributed by atoms with Crippen molar-refractivity contribution >= 4 is 56.6 Å². The number of carbonyl (C=O) groups is 3. The van der Waals surface area contributed by atoms with Crippen molar-refractivity contribution in [2.24, 2.45) is 5.73 Å². The number of amides is 3. The van der Waals surface area contributed by atoms with Crippen LogP contribution in [0, 0.1) is 0 Å². The highest BCUT2D eigenvalue weighted by molar-refractivity contribution is 8.18. The molecule has 0 spiro atoms. The molecule has 0 unspecified atom stereocenters. The fraction of sp³-hybridized carbons (Fsp3) is 0.150. The van der Waals surface area contributed by atoms with E-state index in [9.17, 15) is 22.8 Å². The lowest BCUT2D eigenvalue weighted by molar-refractivity contribution is -0.127. The number of hydrogen-bond donors (Lipinski definition) is 1. The van der Waals surface area contributed by atoms with Gasteiger partial charge in [-0.1, -0.05) is 17.7 Å². The van der Waals surface area contributed by atoms with E-state index in [1.165, 1.54) is 48.5 Å². The number of halogens is 1. The van der Waals surface area contributed by atoms with Gasteiger partial charge in [-0.25, -0.2) is 0 Å². The molecule has 0 radical (unpaired) electrons. The number of imide groups is 1. The van der Waals surface area contributed by atoms with Crippen LogP contribution in [0.25, 0.3) is 6.08 Å². The Balaban J connectivity index is 1.89. The van der Waals surface area contributed by atoms with Gasteiger partial charge in [-0.2, -0.15) is 8.42 Å². The van der Waals surface area contributed by atoms with Gasteiger partial charge in [-0.3, -0.25) is 19.3 Å². The maximum atomic E-state index is 12.6. The highest BCUT2D eigenvalue weighted by Crippen LogP contribution is 2.35. The maximum absolute atomic E-state index is 12.6. The summed E-state index contributed by atoms with van der Waals surface area (Å²) in [4.78, 5) is 36.1. The van der Waals surface area contributed by atoms with E-state index in [4.69, 9.17) is 26.3 Å². The highest BCUT2D eigenvalue weighted by atomic mass is 35.5. The lowest BCUT2D eigenvalue weighted by atomic mass is 10.2. The number of primary amides is 1. The molecule has 168 valence electrons. The van der Waals surface area contributed by atoms with Crippen molar-refractivity contribution in [2.75, 3.05) is 13.2 Å². The van der Waals surface area contributed by atoms with Crippen LogP contribution in [0.4, 0.5) is 4.79 Å². The van der Waals surface area contributed by atoms with E-state index in [1.807, 2.05) is 0 Å². The van der Waals surface area contributed by atoms with Crippen LogP contribution in [0.5, 0.6) is 11.5 Å². The van der Waals surface area contributed by atoms with E-state index >= 15 is 0 Å². The van der Waals surface area contributed by atoms with Gasteiger partial charge in [0.15, 0.2) is 11.5 Å². The Bertz CT molecular complexity index is 1210. The predicted octanol–water partition coefficient (Wildman–Crippen LogP) is 3.03. The molecule has 0 saturated carbocycles. The van der Waals surface area contributed by atoms with Crippen molar-refractivity contribution in [3.05, 3.63) is 58.0 Å². The summed E-state index contributed by atoms with van der Waals surface area (Å²) in [5.41, 5.74) is 5.52. The molecule has 1 saturated heterocycles. The molecule has 2 aromatic carbocycles. The van der Waals surface area contributed by atoms with E-state index in [-0.39, 0.29) is 27.9 Å². The number of thioether (sulfide) groups is 1. The maximum Gasteiger partial charge on any atom is 0.339 e. The fourth-order valence-electron chi connectivity index (χ4n) is 2.66. The van der Waals surface area contributed by atoms with Crippen LogP contribution in [0.1, 0.15) is 12.5 Å². The molecular weight excluding hydrogens is 480 g/mol. The van der Waals surface area contributed by atoms with Crippen molar-refractivity contribution in [1.29, 1.82) is 0 Å². The number of carbonyl (C=O) groups excluding carboxylic acids is 3. The van der Waals surface area contributed by atoms with E-state index in [1.54, 1.807) is 6.92 Å². The molecule has 0 atom stereocenters. The summed E-state index contributed by atoms with van der Waals surface area (Å²) >= 11 is 6.46. The molecule has 3 amide bonds. The zero-order valence-corrected chi connectivity index (χ0v) is 19.0. The molecule has 9 nitrogen and oxygen atoms in total. The van der Waals surface area contributed by atoms with Crippen molar-refractivity contribution in [2.45, 2.75) is 11.8 Å². The van der Waals surface area contributed by atoms with Crippen molar-refractivity contribution in [3.63, 3.8) is 0 Å². The molecule has 12 heteroatoms. The van der Waals surface area contributed by atoms with Crippen LogP contribution in [-0.2, 0) is 19.7 Å². The molecule has 1 aliphatic rings. The van der Waals surface area contributed by atoms with Crippen molar-refractivity contribution in [3.8, 4) is 11.5 Å². The lowest BCUT2D eigenvalue weighted by Gasteiger charge is -2.13. The summed E-state index contributed by atoms with van der Waals surface area (Å²) in [5.74, 6) is -1.39. The van der Waals surface area contributed by atoms with Crippen LogP contribution >= 0.6 is 23.4 Å². The van der Waals surface area contributed by atoms with Gasteiger partial charge in [0.05, 0.1) is 11.5 Å². The number of ether oxygens (including phenoxy) is 1. The molecule has 1 aliphatic heterocycles. The third kappa shape index (κ3) is 5.42. The number of nitrogens with zero attached hydrogens (tertiary/aromatic N) is 1. The Morgan fingerprint density at radius 3 is 2.47 bits per heavy atom. The van der Waals surface area contributed by atoms with Crippen LogP contribution in [0.2, 0.25) is 5.02 Å². The third-order valence-corrected chi connectivity index (χ3v) is 6.46. The summed E-state index contributed by atoms with van der Waals surface area (Å²) in [6, 6.07) is 9.82. The summed E-state index contributed by atoms with van der Waals surface area (Å²) in [6.07, 6.45) is 1.42. The summed E-state index contributed by atoms with van der Waals surface area (Å²) in [6.45, 7) is 1.41. The first-order valence-electron chi connectivity index (χ1n) is 9.11. The van der Waals surface area contributed by atoms with Crippen LogP contribution < -0.4 is 14.7 Å². The van der Waals surface area contributed by atoms with Gasteiger partial charge in [-0.05, 0) is 66.7 Å². The number of benzene rings is 2. The van der Waals surface area contributed by atoms with Gasteiger partial charge in [0.2, 0.25) is 5.91 Å². The van der Waals surface area contributed by atoms with Gasteiger partial charge in [0.1, 0.15) is 11.4 Å². The predicted molar refractivity (Wildman–Crippen MR) is 119 cm³/mol. The van der Waals surface area contributed by atoms with Gasteiger partial charge < -0.3 is 14.7 Å². The molecule has 2 N–H and O–H groups in total. The number of hydrogen-bond acceptors (Lipinski definition) is 8. The SMILES string of the molecule is CCOc1cc(/C=C2\SC(=O)N(CC(N)=O)C2=O)ccc1OS(=O)(=O)c1ccc(Cl)cc1. The monoisotopic (exact) mass is 496 g/mol. The van der Waals surface area contributed by atoms with E-state index < -0.39 is 33.7 Å². The molecule has 2 aromatic rings. The Morgan fingerprint density at radius 1 is 1.16 bits per heavy atom. The van der Waals surface area contributed by atoms with E-state index in [2.05, 4.69) is 0 Å². The summed E-state index contributed by atoms with van der Waals surface area (Å²) in [7, 11) is -4.15. The van der Waals surface area contributed by atoms with Gasteiger partial charge in [0, 0.05) is 5.02 Å². The third-order valence-electron chi connectivity index (χ3n) is 4.05. The first kappa shape index (κ1) is 23.6. The van der Waals surface area contributed by atoms with Crippen molar-refractivity contribution < 1.29 is 31.7 Å². The second-order valence-corrected chi connectivity index (χ2v) is 9.34. The smallest absolute Gasteiger partial charge is 0.339 e. The van der Waals surface area contributed by atoms with Gasteiger partial charge >= 0.3 is 10.1 Å². The Hall–Kier alpha value is -3.02. The van der Waals surface area contributed by atoms with Gasteiger partial charge in [-0.15, -0.1) is 0 Å². The molecule has 0 bridgehead atoms. The van der Waals surface area contributed by atoms with Crippen LogP contribution in [-0.4, -0.2) is 43.5 Å². The van der Waals surface area contributed by atoms with Crippen LogP contribution in [0.3, 0.4) is 0 Å². The largest absolute Gasteiger partial charge is 0.490 e. The fourth-order valence-corrected chi connectivity index (χ4v) is 4.57. The first-order valence-corrected chi connectivity index (χ1v) is 11.7. The Kier molecular flexibility index (Phi) is 7.12. The molecular formula is C20H17ClN2O7S2. The second-order valence-electron chi connectivity index (χ2n) is 6.36. The van der Waals surface area contributed by atoms with Gasteiger partial charge in [0.25, 0.3) is 11.1 Å². The number of nitrogens with two attached hydrogens (primary N) is 1. The zero-order chi connectivity index (χ0) is 23.5. The van der Waals surface area contributed by atoms with E-state index in [0.29, 0.717) is 22.3 Å². The molecule has 32 heavy (non-hydrogen) atoms. The molecule has 1 heterocycles. The summed E-state index contributed by atoms with van der Waals surface area (Å²) < 4.78 is 35.9. The molecule has 0 aliphatic carbocycles. The second kappa shape index (κ2) is 9.63. The average Bonchev–Trinajstić information content (AvgIpc) is 2.97. The standard InChI is InChI=1S/C20H17ClN2O7S2/c1-2-29-16-9-12(10-17-19(25)23(11-18(22)24)20(26)31-17)3-8-15(16)30-32(27,28)14-6-4-13(21)5-7-14/h3-10H,2,11H2,1H3,(H2,22,24)/b17-10-. The first-order chi connectivity index (χ1) is 15.1. The lowest BCUT2D eigenvalue weighted by Crippen LogP contribution is -2.36. The quantitative estimate of drug-likeness (QED) is 0.435. The minimum Gasteiger partial charge on any atom is -0.490 e. The molecule has 3 rings (SSSR count). The number of rotatable bonds is 8. The zero-order valence-electron chi connectivity index (χ0n) is 16.6. The molecule has 1 fully saturated rings. The normalized spacial score (nSPS) is 15.3. The minimum absolute atomic E-state index is 0.0548. The molecule has 0 aromatic heterocycles.